The number of nitrogens with one attached hydrogen (secondary N) is 1. The van der Waals surface area contributed by atoms with Crippen LogP contribution < -0.4 is 5.73 Å². The monoisotopic (exact) mass is 214 g/mol. The standard InChI is InChI=1S/C9H13N.HNO2S/c1-7-3-5-9(6-4-7)8(2)10;1-4(2)3/h3-6,8H,10H2,1-2H3;1H/t8-;/m0./s1. The maximum atomic E-state index is 8.67. The van der Waals surface area contributed by atoms with Crippen LogP contribution in [0.15, 0.2) is 24.3 Å². The lowest BCUT2D eigenvalue weighted by atomic mass is 10.1. The molecule has 1 rings (SSSR count). The summed E-state index contributed by atoms with van der Waals surface area (Å²) in [5.74, 6) is 0. The molecule has 0 saturated heterocycles. The Bertz CT molecular complexity index is 360. The summed E-state index contributed by atoms with van der Waals surface area (Å²) in [7, 11) is -2.61. The first kappa shape index (κ1) is 12.8. The summed E-state index contributed by atoms with van der Waals surface area (Å²) in [5, 5.41) is 0. The lowest BCUT2D eigenvalue weighted by molar-refractivity contribution is 0.620. The fourth-order valence-corrected chi connectivity index (χ4v) is 0.870. The Kier molecular flexibility index (Phi) is 5.74. The van der Waals surface area contributed by atoms with Crippen LogP contribution in [0, 0.1) is 11.7 Å². The topological polar surface area (TPSA) is 84.0 Å². The van der Waals surface area contributed by atoms with Gasteiger partial charge >= 0.3 is 10.5 Å². The van der Waals surface area contributed by atoms with Crippen LogP contribution in [0.1, 0.15) is 24.1 Å². The molecule has 0 aromatic heterocycles. The van der Waals surface area contributed by atoms with E-state index in [2.05, 4.69) is 31.2 Å². The van der Waals surface area contributed by atoms with Crippen LogP contribution in [-0.2, 0) is 10.5 Å². The SMILES string of the molecule is Cc1ccc([C@H](C)N)cc1.N=S(=O)=O. The summed E-state index contributed by atoms with van der Waals surface area (Å²) >= 11 is 0. The van der Waals surface area contributed by atoms with Crippen molar-refractivity contribution in [1.82, 2.24) is 0 Å². The molecule has 1 aromatic carbocycles. The summed E-state index contributed by atoms with van der Waals surface area (Å²) in [6.07, 6.45) is 0. The van der Waals surface area contributed by atoms with Gasteiger partial charge in [-0.3, -0.25) is 0 Å². The maximum Gasteiger partial charge on any atom is 0.308 e. The van der Waals surface area contributed by atoms with Gasteiger partial charge in [0.15, 0.2) is 0 Å². The van der Waals surface area contributed by atoms with Gasteiger partial charge < -0.3 is 5.73 Å². The second-order valence-electron chi connectivity index (χ2n) is 2.93. The summed E-state index contributed by atoms with van der Waals surface area (Å²) < 4.78 is 22.8. The van der Waals surface area contributed by atoms with E-state index < -0.39 is 10.5 Å². The molecule has 0 radical (unpaired) electrons. The van der Waals surface area contributed by atoms with E-state index in [1.54, 1.807) is 0 Å². The van der Waals surface area contributed by atoms with Crippen molar-refractivity contribution in [3.8, 4) is 0 Å². The summed E-state index contributed by atoms with van der Waals surface area (Å²) in [5.41, 5.74) is 8.15. The van der Waals surface area contributed by atoms with Gasteiger partial charge in [0.2, 0.25) is 0 Å². The van der Waals surface area contributed by atoms with Gasteiger partial charge in [-0.15, -0.1) is 0 Å². The van der Waals surface area contributed by atoms with Crippen LogP contribution >= 0.6 is 0 Å². The predicted octanol–water partition coefficient (Wildman–Crippen LogP) is 1.64. The molecule has 3 N–H and O–H groups in total. The molecule has 0 aliphatic rings. The third-order valence-electron chi connectivity index (χ3n) is 1.60. The fourth-order valence-electron chi connectivity index (χ4n) is 0.870. The zero-order valence-electron chi connectivity index (χ0n) is 8.19. The largest absolute Gasteiger partial charge is 0.324 e. The molecule has 1 atom stereocenters. The average molecular weight is 214 g/mol. The van der Waals surface area contributed by atoms with Crippen molar-refractivity contribution in [2.45, 2.75) is 19.9 Å². The lowest BCUT2D eigenvalue weighted by Crippen LogP contribution is -2.04. The van der Waals surface area contributed by atoms with E-state index in [-0.39, 0.29) is 6.04 Å². The van der Waals surface area contributed by atoms with Crippen molar-refractivity contribution in [2.75, 3.05) is 0 Å². The smallest absolute Gasteiger partial charge is 0.308 e. The molecule has 0 unspecified atom stereocenters. The first-order chi connectivity index (χ1) is 6.43. The Morgan fingerprint density at radius 2 is 1.64 bits per heavy atom. The van der Waals surface area contributed by atoms with Crippen molar-refractivity contribution in [2.24, 2.45) is 5.73 Å². The zero-order chi connectivity index (χ0) is 11.1. The molecule has 0 fully saturated rings. The number of aryl methyl sites for hydroxylation is 1. The molecule has 0 bridgehead atoms. The predicted molar refractivity (Wildman–Crippen MR) is 55.4 cm³/mol. The Morgan fingerprint density at radius 1 is 1.29 bits per heavy atom. The first-order valence-corrected chi connectivity index (χ1v) is 5.13. The van der Waals surface area contributed by atoms with Gasteiger partial charge in [0.05, 0.1) is 0 Å². The van der Waals surface area contributed by atoms with E-state index in [0.29, 0.717) is 0 Å². The molecule has 0 saturated carbocycles. The van der Waals surface area contributed by atoms with Crippen LogP contribution in [0.2, 0.25) is 0 Å². The Labute approximate surface area is 85.3 Å². The van der Waals surface area contributed by atoms with Gasteiger partial charge in [0.1, 0.15) is 0 Å². The van der Waals surface area contributed by atoms with E-state index in [0.717, 1.165) is 0 Å². The highest BCUT2D eigenvalue weighted by atomic mass is 32.2. The van der Waals surface area contributed by atoms with Crippen molar-refractivity contribution in [1.29, 1.82) is 4.78 Å². The number of nitrogens with two attached hydrogens (primary N) is 1. The lowest BCUT2D eigenvalue weighted by Gasteiger charge is -2.03. The van der Waals surface area contributed by atoms with Crippen LogP contribution in [0.4, 0.5) is 0 Å². The van der Waals surface area contributed by atoms with Crippen molar-refractivity contribution >= 4 is 10.5 Å². The van der Waals surface area contributed by atoms with Crippen molar-refractivity contribution in [3.63, 3.8) is 0 Å². The number of hydrogen-bond donors (Lipinski definition) is 2. The quantitative estimate of drug-likeness (QED) is 0.745. The van der Waals surface area contributed by atoms with E-state index in [4.69, 9.17) is 18.9 Å². The molecule has 0 heterocycles. The van der Waals surface area contributed by atoms with Crippen LogP contribution in [0.3, 0.4) is 0 Å². The van der Waals surface area contributed by atoms with E-state index in [9.17, 15) is 0 Å². The molecule has 4 nitrogen and oxygen atoms in total. The van der Waals surface area contributed by atoms with Gasteiger partial charge in [0.25, 0.3) is 0 Å². The highest BCUT2D eigenvalue weighted by Gasteiger charge is 1.95. The summed E-state index contributed by atoms with van der Waals surface area (Å²) in [6.45, 7) is 4.07. The molecule has 14 heavy (non-hydrogen) atoms. The minimum atomic E-state index is -2.61. The van der Waals surface area contributed by atoms with E-state index >= 15 is 0 Å². The van der Waals surface area contributed by atoms with Crippen LogP contribution in [-0.4, -0.2) is 8.42 Å². The zero-order valence-corrected chi connectivity index (χ0v) is 9.01. The third kappa shape index (κ3) is 6.33. The molecule has 0 spiro atoms. The van der Waals surface area contributed by atoms with E-state index in [1.807, 2.05) is 6.92 Å². The molecule has 5 heteroatoms. The minimum absolute atomic E-state index is 0.153. The fraction of sp³-hybridized carbons (Fsp3) is 0.333. The number of rotatable bonds is 1. The molecule has 0 amide bonds. The van der Waals surface area contributed by atoms with Gasteiger partial charge in [-0.05, 0) is 19.4 Å². The minimum Gasteiger partial charge on any atom is -0.324 e. The van der Waals surface area contributed by atoms with Crippen molar-refractivity contribution in [3.05, 3.63) is 35.4 Å². The molecular formula is C9H14N2O2S. The molecular weight excluding hydrogens is 200 g/mol. The Balaban J connectivity index is 0.000000364. The molecule has 78 valence electrons. The first-order valence-electron chi connectivity index (χ1n) is 4.06. The average Bonchev–Trinajstić information content (AvgIpc) is 2.03. The van der Waals surface area contributed by atoms with Crippen molar-refractivity contribution < 1.29 is 8.42 Å². The maximum absolute atomic E-state index is 8.67. The molecule has 0 aliphatic carbocycles. The van der Waals surface area contributed by atoms with Crippen LogP contribution in [0.25, 0.3) is 0 Å². The van der Waals surface area contributed by atoms with Crippen LogP contribution in [0.5, 0.6) is 0 Å². The second-order valence-corrected chi connectivity index (χ2v) is 3.40. The summed E-state index contributed by atoms with van der Waals surface area (Å²) in [6, 6.07) is 8.46. The number of benzene rings is 1. The van der Waals surface area contributed by atoms with Gasteiger partial charge in [-0.2, -0.15) is 13.2 Å². The molecule has 0 aliphatic heterocycles. The normalized spacial score (nSPS) is 11.1. The Hall–Kier alpha value is -1.20. The third-order valence-corrected chi connectivity index (χ3v) is 1.60. The van der Waals surface area contributed by atoms with Gasteiger partial charge in [0, 0.05) is 6.04 Å². The van der Waals surface area contributed by atoms with Gasteiger partial charge in [-0.1, -0.05) is 29.8 Å². The molecule has 1 aromatic rings. The number of hydrogen-bond acceptors (Lipinski definition) is 4. The Morgan fingerprint density at radius 3 is 1.93 bits per heavy atom. The highest BCUT2D eigenvalue weighted by molar-refractivity contribution is 7.60. The second kappa shape index (κ2) is 6.28. The highest BCUT2D eigenvalue weighted by Crippen LogP contribution is 2.09. The van der Waals surface area contributed by atoms with E-state index in [1.165, 1.54) is 11.1 Å². The summed E-state index contributed by atoms with van der Waals surface area (Å²) in [4.78, 5) is 0. The van der Waals surface area contributed by atoms with Gasteiger partial charge in [-0.25, -0.2) is 0 Å².